The summed E-state index contributed by atoms with van der Waals surface area (Å²) in [4.78, 5) is 18.0. The summed E-state index contributed by atoms with van der Waals surface area (Å²) in [7, 11) is 4.04. The van der Waals surface area contributed by atoms with Crippen LogP contribution in [0.15, 0.2) is 42.6 Å². The number of halogens is 1. The van der Waals surface area contributed by atoms with Gasteiger partial charge in [0, 0.05) is 37.5 Å². The number of carbonyl (C=O) groups is 1. The summed E-state index contributed by atoms with van der Waals surface area (Å²) in [5.41, 5.74) is 2.80. The number of benzene rings is 1. The van der Waals surface area contributed by atoms with Crippen LogP contribution in [0.3, 0.4) is 0 Å². The molecule has 0 saturated carbocycles. The fraction of sp³-hybridized carbons (Fsp3) is 0.294. The molecule has 1 amide bonds. The minimum absolute atomic E-state index is 0.189. The molecule has 116 valence electrons. The van der Waals surface area contributed by atoms with Gasteiger partial charge in [0.05, 0.1) is 0 Å². The number of rotatable bonds is 6. The molecule has 4 nitrogen and oxygen atoms in total. The second kappa shape index (κ2) is 7.80. The molecule has 0 bridgehead atoms. The SMILES string of the molecule is CN(C)c1ccc(CCCNC(=O)c2cc(Cl)ccn2)cc1. The predicted octanol–water partition coefficient (Wildman–Crippen LogP) is 3.16. The molecule has 0 aliphatic carbocycles. The maximum Gasteiger partial charge on any atom is 0.269 e. The van der Waals surface area contributed by atoms with Crippen molar-refractivity contribution < 1.29 is 4.79 Å². The van der Waals surface area contributed by atoms with E-state index >= 15 is 0 Å². The minimum atomic E-state index is -0.189. The zero-order chi connectivity index (χ0) is 15.9. The third kappa shape index (κ3) is 4.74. The van der Waals surface area contributed by atoms with E-state index in [2.05, 4.69) is 39.5 Å². The number of anilines is 1. The van der Waals surface area contributed by atoms with Crippen molar-refractivity contribution in [1.29, 1.82) is 0 Å². The van der Waals surface area contributed by atoms with Crippen LogP contribution in [0.2, 0.25) is 5.02 Å². The molecule has 2 rings (SSSR count). The Morgan fingerprint density at radius 3 is 2.59 bits per heavy atom. The van der Waals surface area contributed by atoms with Crippen molar-refractivity contribution in [2.45, 2.75) is 12.8 Å². The zero-order valence-electron chi connectivity index (χ0n) is 12.8. The summed E-state index contributed by atoms with van der Waals surface area (Å²) in [5, 5.41) is 3.37. The third-order valence-electron chi connectivity index (χ3n) is 3.34. The molecule has 0 aliphatic rings. The second-order valence-corrected chi connectivity index (χ2v) is 5.72. The third-order valence-corrected chi connectivity index (χ3v) is 3.57. The molecular weight excluding hydrogens is 298 g/mol. The van der Waals surface area contributed by atoms with Gasteiger partial charge < -0.3 is 10.2 Å². The van der Waals surface area contributed by atoms with E-state index in [9.17, 15) is 4.79 Å². The molecule has 2 aromatic rings. The highest BCUT2D eigenvalue weighted by molar-refractivity contribution is 6.30. The van der Waals surface area contributed by atoms with Gasteiger partial charge >= 0.3 is 0 Å². The lowest BCUT2D eigenvalue weighted by atomic mass is 10.1. The van der Waals surface area contributed by atoms with Crippen LogP contribution in [0.5, 0.6) is 0 Å². The van der Waals surface area contributed by atoms with E-state index in [1.807, 2.05) is 14.1 Å². The first kappa shape index (κ1) is 16.3. The summed E-state index contributed by atoms with van der Waals surface area (Å²) in [6.07, 6.45) is 3.34. The number of nitrogens with zero attached hydrogens (tertiary/aromatic N) is 2. The Morgan fingerprint density at radius 2 is 1.95 bits per heavy atom. The average molecular weight is 318 g/mol. The summed E-state index contributed by atoms with van der Waals surface area (Å²) < 4.78 is 0. The van der Waals surface area contributed by atoms with Crippen molar-refractivity contribution >= 4 is 23.2 Å². The van der Waals surface area contributed by atoms with Gasteiger partial charge in [-0.2, -0.15) is 0 Å². The first-order valence-corrected chi connectivity index (χ1v) is 7.60. The fourth-order valence-corrected chi connectivity index (χ4v) is 2.23. The van der Waals surface area contributed by atoms with E-state index in [4.69, 9.17) is 11.6 Å². The lowest BCUT2D eigenvalue weighted by molar-refractivity contribution is 0.0948. The Morgan fingerprint density at radius 1 is 1.23 bits per heavy atom. The van der Waals surface area contributed by atoms with Gasteiger partial charge in [0.15, 0.2) is 0 Å². The van der Waals surface area contributed by atoms with Crippen molar-refractivity contribution in [1.82, 2.24) is 10.3 Å². The van der Waals surface area contributed by atoms with Crippen LogP contribution in [0.4, 0.5) is 5.69 Å². The normalized spacial score (nSPS) is 10.3. The van der Waals surface area contributed by atoms with Crippen LogP contribution in [0, 0.1) is 0 Å². The summed E-state index contributed by atoms with van der Waals surface area (Å²) >= 11 is 5.84. The molecule has 5 heteroatoms. The van der Waals surface area contributed by atoms with Gasteiger partial charge in [0.1, 0.15) is 5.69 Å². The topological polar surface area (TPSA) is 45.2 Å². The standard InChI is InChI=1S/C17H20ClN3O/c1-21(2)15-7-5-13(6-8-15)4-3-10-20-17(22)16-12-14(18)9-11-19-16/h5-9,11-12H,3-4,10H2,1-2H3,(H,20,22). The summed E-state index contributed by atoms with van der Waals surface area (Å²) in [5.74, 6) is -0.189. The Hall–Kier alpha value is -2.07. The van der Waals surface area contributed by atoms with Crippen LogP contribution < -0.4 is 10.2 Å². The summed E-state index contributed by atoms with van der Waals surface area (Å²) in [6, 6.07) is 11.7. The highest BCUT2D eigenvalue weighted by Gasteiger charge is 2.06. The molecule has 1 heterocycles. The van der Waals surface area contributed by atoms with E-state index < -0.39 is 0 Å². The smallest absolute Gasteiger partial charge is 0.269 e. The van der Waals surface area contributed by atoms with Gasteiger partial charge in [-0.1, -0.05) is 23.7 Å². The first-order chi connectivity index (χ1) is 10.6. The number of aryl methyl sites for hydroxylation is 1. The van der Waals surface area contributed by atoms with Crippen molar-refractivity contribution in [3.05, 3.63) is 58.9 Å². The summed E-state index contributed by atoms with van der Waals surface area (Å²) in [6.45, 7) is 0.614. The van der Waals surface area contributed by atoms with Crippen LogP contribution in [-0.2, 0) is 6.42 Å². The molecule has 0 spiro atoms. The molecule has 1 N–H and O–H groups in total. The fourth-order valence-electron chi connectivity index (χ4n) is 2.07. The Bertz CT molecular complexity index is 626. The minimum Gasteiger partial charge on any atom is -0.378 e. The van der Waals surface area contributed by atoms with Crippen molar-refractivity contribution in [3.8, 4) is 0 Å². The van der Waals surface area contributed by atoms with Crippen molar-refractivity contribution in [2.75, 3.05) is 25.5 Å². The number of hydrogen-bond donors (Lipinski definition) is 1. The number of carbonyl (C=O) groups excluding carboxylic acids is 1. The van der Waals surface area contributed by atoms with Crippen LogP contribution in [0.1, 0.15) is 22.5 Å². The van der Waals surface area contributed by atoms with Gasteiger partial charge in [-0.05, 0) is 42.7 Å². The van der Waals surface area contributed by atoms with Crippen molar-refractivity contribution in [3.63, 3.8) is 0 Å². The molecule has 0 unspecified atom stereocenters. The van der Waals surface area contributed by atoms with Crippen LogP contribution in [0.25, 0.3) is 0 Å². The molecule has 22 heavy (non-hydrogen) atoms. The average Bonchev–Trinajstić information content (AvgIpc) is 2.51. The van der Waals surface area contributed by atoms with Gasteiger partial charge in [-0.15, -0.1) is 0 Å². The Labute approximate surface area is 136 Å². The quantitative estimate of drug-likeness (QED) is 0.832. The van der Waals surface area contributed by atoms with E-state index in [0.717, 1.165) is 12.8 Å². The Balaban J connectivity index is 1.76. The molecule has 0 atom stereocenters. The van der Waals surface area contributed by atoms with Gasteiger partial charge in [-0.25, -0.2) is 0 Å². The first-order valence-electron chi connectivity index (χ1n) is 7.22. The largest absolute Gasteiger partial charge is 0.378 e. The lowest BCUT2D eigenvalue weighted by Crippen LogP contribution is -2.25. The maximum atomic E-state index is 11.9. The van der Waals surface area contributed by atoms with E-state index in [0.29, 0.717) is 17.3 Å². The molecule has 0 saturated heterocycles. The van der Waals surface area contributed by atoms with Gasteiger partial charge in [0.25, 0.3) is 5.91 Å². The number of nitrogens with one attached hydrogen (secondary N) is 1. The maximum absolute atomic E-state index is 11.9. The van der Waals surface area contributed by atoms with Gasteiger partial charge in [-0.3, -0.25) is 9.78 Å². The lowest BCUT2D eigenvalue weighted by Gasteiger charge is -2.12. The zero-order valence-corrected chi connectivity index (χ0v) is 13.6. The molecule has 1 aromatic carbocycles. The number of amides is 1. The van der Waals surface area contributed by atoms with E-state index in [-0.39, 0.29) is 5.91 Å². The number of pyridine rings is 1. The molecule has 0 fully saturated rings. The van der Waals surface area contributed by atoms with E-state index in [1.54, 1.807) is 12.1 Å². The predicted molar refractivity (Wildman–Crippen MR) is 90.7 cm³/mol. The Kier molecular flexibility index (Phi) is 5.78. The monoisotopic (exact) mass is 317 g/mol. The molecular formula is C17H20ClN3O. The number of aromatic nitrogens is 1. The van der Waals surface area contributed by atoms with Crippen LogP contribution >= 0.6 is 11.6 Å². The number of hydrogen-bond acceptors (Lipinski definition) is 3. The van der Waals surface area contributed by atoms with Crippen molar-refractivity contribution in [2.24, 2.45) is 0 Å². The molecule has 1 aromatic heterocycles. The second-order valence-electron chi connectivity index (χ2n) is 5.28. The van der Waals surface area contributed by atoms with Gasteiger partial charge in [0.2, 0.25) is 0 Å². The highest BCUT2D eigenvalue weighted by Crippen LogP contribution is 2.13. The molecule has 0 aliphatic heterocycles. The highest BCUT2D eigenvalue weighted by atomic mass is 35.5. The van der Waals surface area contributed by atoms with Crippen LogP contribution in [-0.4, -0.2) is 31.5 Å². The van der Waals surface area contributed by atoms with E-state index in [1.165, 1.54) is 17.4 Å². The molecule has 0 radical (unpaired) electrons.